The average molecular weight is 473 g/mol. The molecule has 3 aliphatic rings. The first-order chi connectivity index (χ1) is 15.1. The van der Waals surface area contributed by atoms with Gasteiger partial charge in [-0.05, 0) is 87.7 Å². The largest absolute Gasteiger partial charge is 0.490 e. The molecule has 1 amide bonds. The molecule has 1 unspecified atom stereocenters. The molecule has 1 saturated heterocycles. The molecule has 4 rings (SSSR count). The summed E-state index contributed by atoms with van der Waals surface area (Å²) in [5.74, 6) is -3.13. The van der Waals surface area contributed by atoms with Gasteiger partial charge in [0.1, 0.15) is 5.75 Å². The number of carbonyl (C=O) groups is 1. The molecule has 1 aliphatic heterocycles. The van der Waals surface area contributed by atoms with E-state index in [4.69, 9.17) is 4.74 Å². The van der Waals surface area contributed by atoms with E-state index in [1.807, 2.05) is 0 Å². The molecule has 0 aromatic heterocycles. The van der Waals surface area contributed by atoms with E-state index in [1.165, 1.54) is 24.3 Å². The van der Waals surface area contributed by atoms with Crippen LogP contribution in [0.15, 0.2) is 29.2 Å². The lowest BCUT2D eigenvalue weighted by atomic mass is 9.77. The van der Waals surface area contributed by atoms with E-state index < -0.39 is 26.4 Å². The highest BCUT2D eigenvalue weighted by atomic mass is 32.2. The molecule has 0 bridgehead atoms. The molecule has 32 heavy (non-hydrogen) atoms. The SMILES string of the molecule is O=C(NO)C1(S(=O)(=O)c2ccc(OC3CCC(F)(F)CC3)cc2)CCC2(CCNCC2)C1. The summed E-state index contributed by atoms with van der Waals surface area (Å²) in [6.45, 7) is 1.55. The molecule has 178 valence electrons. The van der Waals surface area contributed by atoms with Crippen molar-refractivity contribution >= 4 is 15.7 Å². The molecule has 2 aliphatic carbocycles. The van der Waals surface area contributed by atoms with Gasteiger partial charge in [-0.25, -0.2) is 22.7 Å². The van der Waals surface area contributed by atoms with E-state index in [0.29, 0.717) is 12.2 Å². The van der Waals surface area contributed by atoms with Gasteiger partial charge in [0.05, 0.1) is 11.0 Å². The molecule has 1 aromatic carbocycles. The maximum Gasteiger partial charge on any atom is 0.265 e. The van der Waals surface area contributed by atoms with Crippen LogP contribution in [0.5, 0.6) is 5.75 Å². The number of sulfone groups is 1. The first kappa shape index (κ1) is 23.4. The fraction of sp³-hybridized carbons (Fsp3) is 0.682. The van der Waals surface area contributed by atoms with Crippen molar-refractivity contribution in [3.63, 3.8) is 0 Å². The van der Waals surface area contributed by atoms with Crippen LogP contribution in [-0.4, -0.2) is 49.4 Å². The second-order valence-corrected chi connectivity index (χ2v) is 11.8. The van der Waals surface area contributed by atoms with E-state index in [0.717, 1.165) is 25.9 Å². The van der Waals surface area contributed by atoms with Crippen LogP contribution in [0, 0.1) is 5.41 Å². The first-order valence-corrected chi connectivity index (χ1v) is 12.6. The van der Waals surface area contributed by atoms with Gasteiger partial charge in [-0.2, -0.15) is 0 Å². The zero-order chi connectivity index (χ0) is 23.0. The Hall–Kier alpha value is -1.78. The van der Waals surface area contributed by atoms with Gasteiger partial charge in [0, 0.05) is 12.8 Å². The summed E-state index contributed by atoms with van der Waals surface area (Å²) in [7, 11) is -4.10. The highest BCUT2D eigenvalue weighted by molar-refractivity contribution is 7.93. The van der Waals surface area contributed by atoms with Gasteiger partial charge in [-0.1, -0.05) is 0 Å². The Kier molecular flexibility index (Phi) is 6.23. The summed E-state index contributed by atoms with van der Waals surface area (Å²) in [6, 6.07) is 5.78. The van der Waals surface area contributed by atoms with Gasteiger partial charge in [0.25, 0.3) is 5.91 Å². The second kappa shape index (κ2) is 8.53. The molecule has 0 radical (unpaired) electrons. The molecule has 1 heterocycles. The van der Waals surface area contributed by atoms with Crippen molar-refractivity contribution in [3.05, 3.63) is 24.3 Å². The lowest BCUT2D eigenvalue weighted by molar-refractivity contribution is -0.132. The monoisotopic (exact) mass is 472 g/mol. The summed E-state index contributed by atoms with van der Waals surface area (Å²) >= 11 is 0. The molecule has 1 atom stereocenters. The van der Waals surface area contributed by atoms with Crippen LogP contribution in [0.1, 0.15) is 57.8 Å². The number of halogens is 2. The smallest absolute Gasteiger partial charge is 0.265 e. The molecule has 10 heteroatoms. The van der Waals surface area contributed by atoms with E-state index >= 15 is 0 Å². The van der Waals surface area contributed by atoms with E-state index in [2.05, 4.69) is 5.32 Å². The normalized spacial score (nSPS) is 27.8. The van der Waals surface area contributed by atoms with Crippen LogP contribution in [0.4, 0.5) is 8.78 Å². The number of benzene rings is 1. The highest BCUT2D eigenvalue weighted by Crippen LogP contribution is 2.54. The predicted octanol–water partition coefficient (Wildman–Crippen LogP) is 3.21. The van der Waals surface area contributed by atoms with Gasteiger partial charge < -0.3 is 10.1 Å². The lowest BCUT2D eigenvalue weighted by Gasteiger charge is -2.36. The third-order valence-corrected chi connectivity index (χ3v) is 9.97. The van der Waals surface area contributed by atoms with Crippen molar-refractivity contribution in [1.29, 1.82) is 0 Å². The van der Waals surface area contributed by atoms with Crippen molar-refractivity contribution < 1.29 is 31.9 Å². The minimum absolute atomic E-state index is 0.0189. The summed E-state index contributed by atoms with van der Waals surface area (Å²) < 4.78 is 58.0. The minimum Gasteiger partial charge on any atom is -0.490 e. The third kappa shape index (κ3) is 4.24. The molecule has 3 N–H and O–H groups in total. The van der Waals surface area contributed by atoms with Crippen LogP contribution >= 0.6 is 0 Å². The topological polar surface area (TPSA) is 105 Å². The zero-order valence-electron chi connectivity index (χ0n) is 17.9. The van der Waals surface area contributed by atoms with Crippen LogP contribution in [0.25, 0.3) is 0 Å². The van der Waals surface area contributed by atoms with E-state index in [9.17, 15) is 27.2 Å². The van der Waals surface area contributed by atoms with E-state index in [-0.39, 0.29) is 54.9 Å². The molecule has 2 saturated carbocycles. The van der Waals surface area contributed by atoms with Crippen molar-refractivity contribution in [2.24, 2.45) is 5.41 Å². The van der Waals surface area contributed by atoms with Gasteiger partial charge in [-0.3, -0.25) is 10.0 Å². The Labute approximate surface area is 186 Å². The number of amides is 1. The Morgan fingerprint density at radius 1 is 1.03 bits per heavy atom. The second-order valence-electron chi connectivity index (χ2n) is 9.51. The standard InChI is InChI=1S/C22H30F2N2O5S/c23-22(24)7-5-17(6-8-22)31-16-1-3-18(4-2-16)32(29,30)21(19(27)26-28)10-9-20(15-21)11-13-25-14-12-20/h1-4,17,25,28H,5-15H2,(H,26,27). The van der Waals surface area contributed by atoms with Crippen LogP contribution in [-0.2, 0) is 14.6 Å². The average Bonchev–Trinajstić information content (AvgIpc) is 3.16. The fourth-order valence-corrected chi connectivity index (χ4v) is 7.63. The van der Waals surface area contributed by atoms with Gasteiger partial charge >= 0.3 is 0 Å². The maximum absolute atomic E-state index is 13.6. The molecule has 1 spiro atoms. The van der Waals surface area contributed by atoms with E-state index in [1.54, 1.807) is 5.48 Å². The van der Waals surface area contributed by atoms with Gasteiger partial charge in [0.15, 0.2) is 14.6 Å². The van der Waals surface area contributed by atoms with Crippen molar-refractivity contribution in [1.82, 2.24) is 10.8 Å². The Morgan fingerprint density at radius 3 is 2.25 bits per heavy atom. The highest BCUT2D eigenvalue weighted by Gasteiger charge is 2.60. The molecule has 3 fully saturated rings. The van der Waals surface area contributed by atoms with Gasteiger partial charge in [-0.15, -0.1) is 0 Å². The summed E-state index contributed by atoms with van der Waals surface area (Å²) in [5.41, 5.74) is 1.36. The lowest BCUT2D eigenvalue weighted by Crippen LogP contribution is -2.51. The number of carbonyl (C=O) groups excluding carboxylic acids is 1. The van der Waals surface area contributed by atoms with Gasteiger partial charge in [0.2, 0.25) is 5.92 Å². The third-order valence-electron chi connectivity index (χ3n) is 7.51. The van der Waals surface area contributed by atoms with Crippen molar-refractivity contribution in [3.8, 4) is 5.75 Å². The molecule has 7 nitrogen and oxygen atoms in total. The Morgan fingerprint density at radius 2 is 1.66 bits per heavy atom. The number of ether oxygens (including phenoxy) is 1. The number of piperidine rings is 1. The number of nitrogens with one attached hydrogen (secondary N) is 2. The quantitative estimate of drug-likeness (QED) is 0.449. The number of hydrogen-bond acceptors (Lipinski definition) is 6. The molecular formula is C22H30F2N2O5S. The van der Waals surface area contributed by atoms with Crippen LogP contribution in [0.2, 0.25) is 0 Å². The summed E-state index contributed by atoms with van der Waals surface area (Å²) in [5, 5.41) is 12.6. The number of rotatable bonds is 5. The number of alkyl halides is 2. The first-order valence-electron chi connectivity index (χ1n) is 11.2. The molecular weight excluding hydrogens is 442 g/mol. The maximum atomic E-state index is 13.6. The zero-order valence-corrected chi connectivity index (χ0v) is 18.7. The molecule has 1 aromatic rings. The van der Waals surface area contributed by atoms with Crippen LogP contribution < -0.4 is 15.5 Å². The fourth-order valence-electron chi connectivity index (χ4n) is 5.53. The Bertz CT molecular complexity index is 938. The predicted molar refractivity (Wildman–Crippen MR) is 113 cm³/mol. The summed E-state index contributed by atoms with van der Waals surface area (Å²) in [6.07, 6.45) is 2.20. The summed E-state index contributed by atoms with van der Waals surface area (Å²) in [4.78, 5) is 12.7. The van der Waals surface area contributed by atoms with Crippen LogP contribution in [0.3, 0.4) is 0 Å². The number of hydrogen-bond donors (Lipinski definition) is 3. The number of hydroxylamine groups is 1. The minimum atomic E-state index is -4.10. The Balaban J connectivity index is 1.54. The van der Waals surface area contributed by atoms with Crippen molar-refractivity contribution in [2.75, 3.05) is 13.1 Å². The van der Waals surface area contributed by atoms with Crippen molar-refractivity contribution in [2.45, 2.75) is 79.5 Å².